The fraction of sp³-hybridized carbons (Fsp3) is 0.429. The first-order valence-electron chi connectivity index (χ1n) is 6.55. The van der Waals surface area contributed by atoms with Crippen molar-refractivity contribution >= 4 is 44.1 Å². The van der Waals surface area contributed by atoms with Gasteiger partial charge in [0, 0.05) is 0 Å². The molecule has 0 radical (unpaired) electrons. The highest BCUT2D eigenvalue weighted by atomic mass is 35.5. The Labute approximate surface area is 134 Å². The monoisotopic (exact) mass is 346 g/mol. The highest BCUT2D eigenvalue weighted by Gasteiger charge is 2.27. The van der Waals surface area contributed by atoms with E-state index in [-0.39, 0.29) is 10.9 Å². The maximum atomic E-state index is 12.5. The van der Waals surface area contributed by atoms with Crippen molar-refractivity contribution in [3.63, 3.8) is 0 Å². The molecule has 0 unspecified atom stereocenters. The van der Waals surface area contributed by atoms with E-state index in [9.17, 15) is 8.42 Å². The summed E-state index contributed by atoms with van der Waals surface area (Å²) in [5.74, 6) is -0.0696. The Morgan fingerprint density at radius 2 is 1.43 bits per heavy atom. The molecule has 0 saturated heterocycles. The molecule has 7 heteroatoms. The van der Waals surface area contributed by atoms with Crippen LogP contribution in [0.15, 0.2) is 17.2 Å². The number of hydrogen-bond acceptors (Lipinski definition) is 4. The Kier molecular flexibility index (Phi) is 4.47. The lowest BCUT2D eigenvalue weighted by molar-refractivity contribution is 0.579. The van der Waals surface area contributed by atoms with Crippen LogP contribution in [0.1, 0.15) is 39.3 Å². The van der Waals surface area contributed by atoms with E-state index in [1.165, 1.54) is 6.07 Å². The van der Waals surface area contributed by atoms with Crippen molar-refractivity contribution in [2.24, 2.45) is 0 Å². The zero-order valence-electron chi connectivity index (χ0n) is 12.2. The fourth-order valence-corrected chi connectivity index (χ4v) is 3.42. The van der Waals surface area contributed by atoms with Crippen molar-refractivity contribution < 1.29 is 8.42 Å². The van der Waals surface area contributed by atoms with Gasteiger partial charge in [0.15, 0.2) is 14.9 Å². The molecule has 0 N–H and O–H groups in total. The Hall–Kier alpha value is -0.910. The highest BCUT2D eigenvalue weighted by molar-refractivity contribution is 7.92. The number of fused-ring (bicyclic) bond motifs is 1. The molecular weight excluding hydrogens is 331 g/mol. The predicted molar refractivity (Wildman–Crippen MR) is 86.0 cm³/mol. The molecule has 21 heavy (non-hydrogen) atoms. The molecule has 0 aliphatic rings. The minimum Gasteiger partial charge on any atom is -0.248 e. The van der Waals surface area contributed by atoms with Gasteiger partial charge >= 0.3 is 0 Å². The van der Waals surface area contributed by atoms with Crippen LogP contribution in [0.25, 0.3) is 11.0 Å². The summed E-state index contributed by atoms with van der Waals surface area (Å²) in [5.41, 5.74) is 1.42. The van der Waals surface area contributed by atoms with Gasteiger partial charge in [-0.3, -0.25) is 0 Å². The summed E-state index contributed by atoms with van der Waals surface area (Å²) in [5, 5.41) is 0.152. The quantitative estimate of drug-likeness (QED) is 0.833. The van der Waals surface area contributed by atoms with Gasteiger partial charge in [0.1, 0.15) is 0 Å². The molecule has 0 aliphatic heterocycles. The Morgan fingerprint density at radius 1 is 0.952 bits per heavy atom. The van der Waals surface area contributed by atoms with Crippen LogP contribution in [0, 0.1) is 0 Å². The maximum Gasteiger partial charge on any atom is 0.199 e. The third-order valence-corrected chi connectivity index (χ3v) is 5.94. The lowest BCUT2D eigenvalue weighted by Crippen LogP contribution is -2.19. The van der Waals surface area contributed by atoms with Crippen molar-refractivity contribution in [3.8, 4) is 0 Å². The largest absolute Gasteiger partial charge is 0.248 e. The van der Waals surface area contributed by atoms with Gasteiger partial charge in [-0.05, 0) is 31.9 Å². The Morgan fingerprint density at radius 3 is 1.86 bits per heavy atom. The first kappa shape index (κ1) is 16.5. The second kappa shape index (κ2) is 5.71. The molecule has 4 nitrogen and oxygen atoms in total. The van der Waals surface area contributed by atoms with Crippen molar-refractivity contribution in [1.29, 1.82) is 0 Å². The van der Waals surface area contributed by atoms with E-state index in [0.29, 0.717) is 26.8 Å². The predicted octanol–water partition coefficient (Wildman–Crippen LogP) is 4.24. The molecule has 0 saturated carbocycles. The Balaban J connectivity index is 2.86. The van der Waals surface area contributed by atoms with Crippen molar-refractivity contribution in [1.82, 2.24) is 9.97 Å². The first-order chi connectivity index (χ1) is 9.64. The van der Waals surface area contributed by atoms with Gasteiger partial charge in [-0.25, -0.2) is 18.4 Å². The molecule has 0 atom stereocenters. The molecular formula is C14H16Cl2N2O2S. The van der Waals surface area contributed by atoms with Crippen molar-refractivity contribution in [3.05, 3.63) is 27.9 Å². The Bertz CT molecular complexity index is 802. The van der Waals surface area contributed by atoms with Gasteiger partial charge in [-0.1, -0.05) is 37.0 Å². The van der Waals surface area contributed by atoms with Crippen LogP contribution in [-0.2, 0) is 9.84 Å². The number of aromatic nitrogens is 2. The molecule has 1 aromatic heterocycles. The lowest BCUT2D eigenvalue weighted by Gasteiger charge is -2.15. The zero-order chi connectivity index (χ0) is 15.9. The summed E-state index contributed by atoms with van der Waals surface area (Å²) in [4.78, 5) is 8.74. The standard InChI is InChI=1S/C14H16Cl2N2O2S/c1-7(2)13-14(21(19,20)8(3)4)18-12-6-10(16)9(15)5-11(12)17-13/h5-8H,1-4H3. The van der Waals surface area contributed by atoms with Gasteiger partial charge in [-0.2, -0.15) is 0 Å². The van der Waals surface area contributed by atoms with Crippen LogP contribution in [0.5, 0.6) is 0 Å². The van der Waals surface area contributed by atoms with Gasteiger partial charge < -0.3 is 0 Å². The van der Waals surface area contributed by atoms with Crippen LogP contribution in [0.3, 0.4) is 0 Å². The number of sulfone groups is 1. The number of hydrogen-bond donors (Lipinski definition) is 0. The SMILES string of the molecule is CC(C)c1nc2cc(Cl)c(Cl)cc2nc1S(=O)(=O)C(C)C. The minimum absolute atomic E-state index is 0.0263. The van der Waals surface area contributed by atoms with Gasteiger partial charge in [0.25, 0.3) is 0 Å². The first-order valence-corrected chi connectivity index (χ1v) is 8.85. The van der Waals surface area contributed by atoms with Crippen LogP contribution in [0.4, 0.5) is 0 Å². The molecule has 0 spiro atoms. The molecule has 1 heterocycles. The van der Waals surface area contributed by atoms with Gasteiger partial charge in [-0.15, -0.1) is 0 Å². The fourth-order valence-electron chi connectivity index (χ4n) is 1.86. The van der Waals surface area contributed by atoms with Gasteiger partial charge in [0.2, 0.25) is 0 Å². The lowest BCUT2D eigenvalue weighted by atomic mass is 10.1. The molecule has 0 amide bonds. The van der Waals surface area contributed by atoms with Crippen LogP contribution in [-0.4, -0.2) is 23.6 Å². The van der Waals surface area contributed by atoms with Crippen LogP contribution >= 0.6 is 23.2 Å². The summed E-state index contributed by atoms with van der Waals surface area (Å²) in [6, 6.07) is 3.14. The van der Waals surface area contributed by atoms with E-state index in [4.69, 9.17) is 23.2 Å². The molecule has 1 aromatic carbocycles. The number of rotatable bonds is 3. The van der Waals surface area contributed by atoms with E-state index < -0.39 is 15.1 Å². The maximum absolute atomic E-state index is 12.5. The van der Waals surface area contributed by atoms with E-state index in [0.717, 1.165) is 0 Å². The average Bonchev–Trinajstić information content (AvgIpc) is 2.38. The van der Waals surface area contributed by atoms with E-state index in [2.05, 4.69) is 9.97 Å². The third kappa shape index (κ3) is 3.00. The summed E-state index contributed by atoms with van der Waals surface area (Å²) in [6.45, 7) is 7.01. The van der Waals surface area contributed by atoms with E-state index in [1.807, 2.05) is 13.8 Å². The molecule has 2 rings (SSSR count). The molecule has 114 valence electrons. The average molecular weight is 347 g/mol. The number of halogens is 2. The van der Waals surface area contributed by atoms with Crippen LogP contribution in [0.2, 0.25) is 10.0 Å². The second-order valence-corrected chi connectivity index (χ2v) is 8.65. The van der Waals surface area contributed by atoms with Gasteiger partial charge in [0.05, 0.1) is 32.0 Å². The molecule has 0 aliphatic carbocycles. The summed E-state index contributed by atoms with van der Waals surface area (Å²) >= 11 is 12.0. The molecule has 2 aromatic rings. The number of benzene rings is 1. The normalized spacial score (nSPS) is 12.6. The summed E-state index contributed by atoms with van der Waals surface area (Å²) < 4.78 is 25.0. The topological polar surface area (TPSA) is 59.9 Å². The summed E-state index contributed by atoms with van der Waals surface area (Å²) in [6.07, 6.45) is 0. The molecule has 0 fully saturated rings. The molecule has 0 bridgehead atoms. The second-order valence-electron chi connectivity index (χ2n) is 5.42. The summed E-state index contributed by atoms with van der Waals surface area (Å²) in [7, 11) is -3.52. The minimum atomic E-state index is -3.52. The van der Waals surface area contributed by atoms with E-state index >= 15 is 0 Å². The highest BCUT2D eigenvalue weighted by Crippen LogP contribution is 2.30. The smallest absolute Gasteiger partial charge is 0.199 e. The van der Waals surface area contributed by atoms with Crippen molar-refractivity contribution in [2.75, 3.05) is 0 Å². The third-order valence-electron chi connectivity index (χ3n) is 3.14. The van der Waals surface area contributed by atoms with E-state index in [1.54, 1.807) is 19.9 Å². The van der Waals surface area contributed by atoms with Crippen LogP contribution < -0.4 is 0 Å². The van der Waals surface area contributed by atoms with Crippen molar-refractivity contribution in [2.45, 2.75) is 43.9 Å². The number of nitrogens with zero attached hydrogens (tertiary/aromatic N) is 2. The zero-order valence-corrected chi connectivity index (χ0v) is 14.5.